The van der Waals surface area contributed by atoms with Crippen LogP contribution in [0.15, 0.2) is 31.1 Å². The summed E-state index contributed by atoms with van der Waals surface area (Å²) in [4.78, 5) is 8.04. The van der Waals surface area contributed by atoms with Crippen molar-refractivity contribution < 1.29 is 3.89 Å². The highest BCUT2D eigenvalue weighted by atomic mass is 32.2. The summed E-state index contributed by atoms with van der Waals surface area (Å²) in [5, 5.41) is 4.91. The molecule has 0 amide bonds. The highest BCUT2D eigenvalue weighted by molar-refractivity contribution is 7.92. The van der Waals surface area contributed by atoms with Gasteiger partial charge in [0.05, 0.1) is 6.20 Å². The van der Waals surface area contributed by atoms with Crippen molar-refractivity contribution in [1.82, 2.24) is 23.7 Å². The van der Waals surface area contributed by atoms with Gasteiger partial charge in [-0.25, -0.2) is 13.9 Å². The number of nitrogens with zero attached hydrogens (tertiary/aromatic N) is 5. The Hall–Kier alpha value is -1.89. The predicted octanol–water partition coefficient (Wildman–Crippen LogP) is 2.21. The lowest BCUT2D eigenvalue weighted by Gasteiger charge is -1.92. The van der Waals surface area contributed by atoms with Crippen molar-refractivity contribution in [1.29, 1.82) is 0 Å². The molecule has 0 bridgehead atoms. The highest BCUT2D eigenvalue weighted by Gasteiger charge is 2.13. The third-order valence-electron chi connectivity index (χ3n) is 2.53. The molecule has 86 valence electrons. The van der Waals surface area contributed by atoms with E-state index in [0.29, 0.717) is 5.65 Å². The van der Waals surface area contributed by atoms with Crippen LogP contribution in [-0.4, -0.2) is 23.7 Å². The number of fused-ring (bicyclic) bond motifs is 1. The third kappa shape index (κ3) is 1.59. The van der Waals surface area contributed by atoms with Crippen LogP contribution in [0.1, 0.15) is 0 Å². The normalized spacial score (nSPS) is 11.2. The SMILES string of the molecule is Cn1cc(-c2cn(SF)c3ncncc23)cn1. The molecule has 0 saturated heterocycles. The van der Waals surface area contributed by atoms with Crippen LogP contribution in [-0.2, 0) is 7.05 Å². The minimum absolute atomic E-state index is 0.120. The van der Waals surface area contributed by atoms with Crippen LogP contribution in [0.3, 0.4) is 0 Å². The summed E-state index contributed by atoms with van der Waals surface area (Å²) < 4.78 is 15.9. The number of aromatic nitrogens is 5. The molecule has 0 N–H and O–H groups in total. The molecule has 17 heavy (non-hydrogen) atoms. The second kappa shape index (κ2) is 3.85. The molecule has 0 saturated carbocycles. The average molecular weight is 249 g/mol. The molecular weight excluding hydrogens is 241 g/mol. The summed E-state index contributed by atoms with van der Waals surface area (Å²) in [6.07, 6.45) is 8.38. The highest BCUT2D eigenvalue weighted by Crippen LogP contribution is 2.31. The second-order valence-electron chi connectivity index (χ2n) is 3.60. The van der Waals surface area contributed by atoms with Gasteiger partial charge in [-0.15, -0.1) is 3.89 Å². The van der Waals surface area contributed by atoms with E-state index in [-0.39, 0.29) is 12.3 Å². The smallest absolute Gasteiger partial charge is 0.171 e. The summed E-state index contributed by atoms with van der Waals surface area (Å²) in [7, 11) is 1.84. The maximum Gasteiger partial charge on any atom is 0.171 e. The molecule has 3 aromatic heterocycles. The number of halogens is 1. The first kappa shape index (κ1) is 10.3. The van der Waals surface area contributed by atoms with E-state index in [1.165, 1.54) is 10.3 Å². The van der Waals surface area contributed by atoms with Gasteiger partial charge in [0.15, 0.2) is 18.0 Å². The fourth-order valence-electron chi connectivity index (χ4n) is 1.78. The van der Waals surface area contributed by atoms with Crippen LogP contribution in [0.4, 0.5) is 3.89 Å². The molecule has 0 atom stereocenters. The summed E-state index contributed by atoms with van der Waals surface area (Å²) in [5.74, 6) is 0. The van der Waals surface area contributed by atoms with Crippen molar-refractivity contribution in [2.45, 2.75) is 0 Å². The third-order valence-corrected chi connectivity index (χ3v) is 2.95. The molecular formula is C10H8FN5S. The summed E-state index contributed by atoms with van der Waals surface area (Å²) in [6.45, 7) is 0. The maximum atomic E-state index is 12.8. The number of hydrogen-bond acceptors (Lipinski definition) is 4. The molecule has 0 aliphatic carbocycles. The van der Waals surface area contributed by atoms with Crippen LogP contribution >= 0.6 is 12.3 Å². The van der Waals surface area contributed by atoms with Gasteiger partial charge in [-0.1, -0.05) is 0 Å². The molecule has 0 fully saturated rings. The van der Waals surface area contributed by atoms with Crippen LogP contribution < -0.4 is 0 Å². The molecule has 7 heteroatoms. The predicted molar refractivity (Wildman–Crippen MR) is 63.8 cm³/mol. The summed E-state index contributed by atoms with van der Waals surface area (Å²) in [6, 6.07) is 0. The van der Waals surface area contributed by atoms with E-state index >= 15 is 0 Å². The van der Waals surface area contributed by atoms with Gasteiger partial charge in [0.1, 0.15) is 6.33 Å². The van der Waals surface area contributed by atoms with Gasteiger partial charge in [0.25, 0.3) is 0 Å². The fourth-order valence-corrected chi connectivity index (χ4v) is 2.14. The zero-order chi connectivity index (χ0) is 11.8. The van der Waals surface area contributed by atoms with Crippen LogP contribution in [0.2, 0.25) is 0 Å². The van der Waals surface area contributed by atoms with Crippen molar-refractivity contribution in [2.75, 3.05) is 0 Å². The lowest BCUT2D eigenvalue weighted by molar-refractivity contribution is 0.768. The van der Waals surface area contributed by atoms with Gasteiger partial charge in [-0.05, 0) is 0 Å². The van der Waals surface area contributed by atoms with Crippen LogP contribution in [0, 0.1) is 0 Å². The first-order valence-electron chi connectivity index (χ1n) is 4.89. The van der Waals surface area contributed by atoms with E-state index in [0.717, 1.165) is 16.5 Å². The standard InChI is InChI=1S/C10H8FN5S/c1-15-4-7(2-14-15)9-5-16(17-11)10-8(9)3-12-6-13-10/h2-6H,1H3. The number of rotatable bonds is 2. The Labute approximate surface area is 101 Å². The Morgan fingerprint density at radius 2 is 2.18 bits per heavy atom. The lowest BCUT2D eigenvalue weighted by Crippen LogP contribution is -1.84. The second-order valence-corrected chi connectivity index (χ2v) is 4.13. The van der Waals surface area contributed by atoms with Gasteiger partial charge in [-0.2, -0.15) is 5.10 Å². The molecule has 3 rings (SSSR count). The average Bonchev–Trinajstić information content (AvgIpc) is 2.92. The molecule has 3 heterocycles. The number of hydrogen-bond donors (Lipinski definition) is 0. The quantitative estimate of drug-likeness (QED) is 0.698. The van der Waals surface area contributed by atoms with Crippen molar-refractivity contribution in [3.05, 3.63) is 31.1 Å². The lowest BCUT2D eigenvalue weighted by atomic mass is 10.1. The van der Waals surface area contributed by atoms with E-state index in [1.54, 1.807) is 23.3 Å². The topological polar surface area (TPSA) is 48.5 Å². The number of aryl methyl sites for hydroxylation is 1. The van der Waals surface area contributed by atoms with E-state index < -0.39 is 0 Å². The van der Waals surface area contributed by atoms with Crippen molar-refractivity contribution in [3.63, 3.8) is 0 Å². The first-order valence-corrected chi connectivity index (χ1v) is 5.56. The van der Waals surface area contributed by atoms with Crippen molar-refractivity contribution in [3.8, 4) is 11.1 Å². The first-order chi connectivity index (χ1) is 8.29. The van der Waals surface area contributed by atoms with Gasteiger partial charge >= 0.3 is 0 Å². The van der Waals surface area contributed by atoms with E-state index in [9.17, 15) is 3.89 Å². The van der Waals surface area contributed by atoms with Gasteiger partial charge in [0.2, 0.25) is 0 Å². The summed E-state index contributed by atoms with van der Waals surface area (Å²) >= 11 is 0.120. The Balaban J connectivity index is 2.29. The Bertz CT molecular complexity index is 674. The fraction of sp³-hybridized carbons (Fsp3) is 0.100. The van der Waals surface area contributed by atoms with Gasteiger partial charge in [0, 0.05) is 42.2 Å². The Morgan fingerprint density at radius 3 is 2.88 bits per heavy atom. The maximum absolute atomic E-state index is 12.8. The van der Waals surface area contributed by atoms with E-state index in [1.807, 2.05) is 13.2 Å². The monoisotopic (exact) mass is 249 g/mol. The van der Waals surface area contributed by atoms with Crippen molar-refractivity contribution >= 4 is 23.4 Å². The molecule has 0 aliphatic heterocycles. The zero-order valence-electron chi connectivity index (χ0n) is 8.91. The molecule has 3 aromatic rings. The molecule has 5 nitrogen and oxygen atoms in total. The Kier molecular flexibility index (Phi) is 2.32. The minimum atomic E-state index is 0.120. The molecule has 0 aliphatic rings. The van der Waals surface area contributed by atoms with E-state index in [2.05, 4.69) is 15.1 Å². The van der Waals surface area contributed by atoms with Gasteiger partial charge in [-0.3, -0.25) is 4.68 Å². The Morgan fingerprint density at radius 1 is 1.29 bits per heavy atom. The summed E-state index contributed by atoms with van der Waals surface area (Å²) in [5.41, 5.74) is 2.35. The largest absolute Gasteiger partial charge is 0.275 e. The molecule has 0 unspecified atom stereocenters. The van der Waals surface area contributed by atoms with Crippen LogP contribution in [0.25, 0.3) is 22.2 Å². The molecule has 0 aromatic carbocycles. The van der Waals surface area contributed by atoms with Crippen LogP contribution in [0.5, 0.6) is 0 Å². The van der Waals surface area contributed by atoms with E-state index in [4.69, 9.17) is 0 Å². The van der Waals surface area contributed by atoms with Gasteiger partial charge < -0.3 is 0 Å². The zero-order valence-corrected chi connectivity index (χ0v) is 9.73. The minimum Gasteiger partial charge on any atom is -0.275 e. The van der Waals surface area contributed by atoms with Crippen molar-refractivity contribution in [2.24, 2.45) is 7.05 Å². The molecule has 0 spiro atoms. The molecule has 0 radical (unpaired) electrons.